The maximum Gasteiger partial charge on any atom is 0.252 e. The van der Waals surface area contributed by atoms with Crippen LogP contribution in [0.4, 0.5) is 0 Å². The lowest BCUT2D eigenvalue weighted by Crippen LogP contribution is -2.29. The summed E-state index contributed by atoms with van der Waals surface area (Å²) >= 11 is 0. The van der Waals surface area contributed by atoms with E-state index in [1.54, 1.807) is 0 Å². The van der Waals surface area contributed by atoms with Gasteiger partial charge in [-0.2, -0.15) is 5.26 Å². The zero-order chi connectivity index (χ0) is 20.9. The van der Waals surface area contributed by atoms with E-state index in [1.165, 1.54) is 0 Å². The number of nitriles is 1. The average Bonchev–Trinajstić information content (AvgIpc) is 2.80. The second-order valence-electron chi connectivity index (χ2n) is 7.15. The van der Waals surface area contributed by atoms with Gasteiger partial charge in [-0.25, -0.2) is 4.98 Å². The van der Waals surface area contributed by atoms with Gasteiger partial charge in [0.2, 0.25) is 0 Å². The summed E-state index contributed by atoms with van der Waals surface area (Å²) in [5.41, 5.74) is 4.84. The molecule has 0 fully saturated rings. The molecule has 4 nitrogen and oxygen atoms in total. The van der Waals surface area contributed by atoms with Gasteiger partial charge >= 0.3 is 0 Å². The molecule has 0 bridgehead atoms. The standard InChI is InChI=1S/C26H21N3O/c1-18-24(26(30)28-17-21(16-27)19-10-4-2-5-11-19)22-14-8-9-15-23(22)29-25(18)20-12-6-3-7-13-20/h2-15,21H,17H2,1H3,(H,28,30). The van der Waals surface area contributed by atoms with Crippen molar-refractivity contribution >= 4 is 16.8 Å². The Bertz CT molecular complexity index is 1230. The molecule has 146 valence electrons. The number of fused-ring (bicyclic) bond motifs is 1. The normalized spacial score (nSPS) is 11.6. The average molecular weight is 391 g/mol. The fourth-order valence-electron chi connectivity index (χ4n) is 3.68. The number of hydrogen-bond acceptors (Lipinski definition) is 3. The van der Waals surface area contributed by atoms with Crippen LogP contribution in [0.2, 0.25) is 0 Å². The van der Waals surface area contributed by atoms with E-state index < -0.39 is 5.92 Å². The molecule has 0 aliphatic carbocycles. The minimum absolute atomic E-state index is 0.195. The molecular weight excluding hydrogens is 370 g/mol. The SMILES string of the molecule is Cc1c(-c2ccccc2)nc2ccccc2c1C(=O)NCC(C#N)c1ccccc1. The number of carbonyl (C=O) groups excluding carboxylic acids is 1. The molecule has 1 atom stereocenters. The van der Waals surface area contributed by atoms with Crippen LogP contribution in [0.25, 0.3) is 22.2 Å². The molecule has 0 radical (unpaired) electrons. The molecule has 0 aliphatic rings. The Morgan fingerprint density at radius 1 is 0.967 bits per heavy atom. The summed E-state index contributed by atoms with van der Waals surface area (Å²) in [4.78, 5) is 18.1. The van der Waals surface area contributed by atoms with Gasteiger partial charge in [-0.3, -0.25) is 4.79 Å². The fourth-order valence-corrected chi connectivity index (χ4v) is 3.68. The predicted molar refractivity (Wildman–Crippen MR) is 119 cm³/mol. The lowest BCUT2D eigenvalue weighted by molar-refractivity contribution is 0.0954. The van der Waals surface area contributed by atoms with E-state index in [0.29, 0.717) is 5.56 Å². The first-order valence-corrected chi connectivity index (χ1v) is 9.86. The Balaban J connectivity index is 1.71. The minimum atomic E-state index is -0.405. The van der Waals surface area contributed by atoms with Gasteiger partial charge in [-0.15, -0.1) is 0 Å². The summed E-state index contributed by atoms with van der Waals surface area (Å²) < 4.78 is 0. The first-order valence-electron chi connectivity index (χ1n) is 9.86. The molecule has 4 heteroatoms. The highest BCUT2D eigenvalue weighted by Crippen LogP contribution is 2.29. The summed E-state index contributed by atoms with van der Waals surface area (Å²) in [6.45, 7) is 2.17. The molecule has 3 aromatic carbocycles. The van der Waals surface area contributed by atoms with Crippen molar-refractivity contribution in [1.82, 2.24) is 10.3 Å². The zero-order valence-corrected chi connectivity index (χ0v) is 16.7. The van der Waals surface area contributed by atoms with Gasteiger partial charge in [0.05, 0.1) is 28.8 Å². The molecule has 0 saturated carbocycles. The Morgan fingerprint density at radius 2 is 1.60 bits per heavy atom. The van der Waals surface area contributed by atoms with Crippen molar-refractivity contribution in [2.75, 3.05) is 6.54 Å². The number of carbonyl (C=O) groups is 1. The summed E-state index contributed by atoms with van der Waals surface area (Å²) in [6.07, 6.45) is 0. The van der Waals surface area contributed by atoms with Crippen molar-refractivity contribution in [3.05, 3.63) is 102 Å². The molecule has 4 aromatic rings. The Labute approximate surface area is 175 Å². The monoisotopic (exact) mass is 391 g/mol. The summed E-state index contributed by atoms with van der Waals surface area (Å²) in [6, 6.07) is 29.3. The van der Waals surface area contributed by atoms with Crippen LogP contribution in [-0.4, -0.2) is 17.4 Å². The van der Waals surface area contributed by atoms with Gasteiger partial charge in [-0.05, 0) is 24.1 Å². The van der Waals surface area contributed by atoms with Crippen LogP contribution in [-0.2, 0) is 0 Å². The van der Waals surface area contributed by atoms with Gasteiger partial charge in [0.25, 0.3) is 5.91 Å². The maximum absolute atomic E-state index is 13.3. The number of pyridine rings is 1. The lowest BCUT2D eigenvalue weighted by atomic mass is 9.96. The van der Waals surface area contributed by atoms with E-state index in [0.717, 1.165) is 33.3 Å². The first-order chi connectivity index (χ1) is 14.7. The molecule has 30 heavy (non-hydrogen) atoms. The van der Waals surface area contributed by atoms with Crippen LogP contribution < -0.4 is 5.32 Å². The Morgan fingerprint density at radius 3 is 2.30 bits per heavy atom. The molecule has 4 rings (SSSR count). The Hall–Kier alpha value is -3.97. The quantitative estimate of drug-likeness (QED) is 0.505. The summed E-state index contributed by atoms with van der Waals surface area (Å²) in [7, 11) is 0. The topological polar surface area (TPSA) is 65.8 Å². The van der Waals surface area contributed by atoms with E-state index >= 15 is 0 Å². The Kier molecular flexibility index (Phi) is 5.54. The number of amides is 1. The van der Waals surface area contributed by atoms with Gasteiger partial charge in [0.15, 0.2) is 0 Å². The lowest BCUT2D eigenvalue weighted by Gasteiger charge is -2.16. The number of aromatic nitrogens is 1. The molecule has 1 amide bonds. The molecule has 1 heterocycles. The molecule has 1 unspecified atom stereocenters. The van der Waals surface area contributed by atoms with Gasteiger partial charge in [0, 0.05) is 17.5 Å². The van der Waals surface area contributed by atoms with E-state index in [4.69, 9.17) is 4.98 Å². The molecular formula is C26H21N3O. The third-order valence-electron chi connectivity index (χ3n) is 5.23. The minimum Gasteiger partial charge on any atom is -0.350 e. The van der Waals surface area contributed by atoms with E-state index in [1.807, 2.05) is 91.9 Å². The van der Waals surface area contributed by atoms with Gasteiger partial charge in [-0.1, -0.05) is 78.9 Å². The van der Waals surface area contributed by atoms with Crippen molar-refractivity contribution in [2.24, 2.45) is 0 Å². The number of nitrogens with one attached hydrogen (secondary N) is 1. The number of hydrogen-bond donors (Lipinski definition) is 1. The zero-order valence-electron chi connectivity index (χ0n) is 16.7. The van der Waals surface area contributed by atoms with Crippen molar-refractivity contribution < 1.29 is 4.79 Å². The second-order valence-corrected chi connectivity index (χ2v) is 7.15. The second kappa shape index (κ2) is 8.59. The van der Waals surface area contributed by atoms with E-state index in [2.05, 4.69) is 11.4 Å². The van der Waals surface area contributed by atoms with E-state index in [9.17, 15) is 10.1 Å². The van der Waals surface area contributed by atoms with Crippen molar-refractivity contribution in [2.45, 2.75) is 12.8 Å². The third kappa shape index (κ3) is 3.78. The highest BCUT2D eigenvalue weighted by Gasteiger charge is 2.20. The van der Waals surface area contributed by atoms with Gasteiger partial charge in [0.1, 0.15) is 0 Å². The summed E-state index contributed by atoms with van der Waals surface area (Å²) in [5.74, 6) is -0.600. The van der Waals surface area contributed by atoms with Crippen LogP contribution >= 0.6 is 0 Å². The predicted octanol–water partition coefficient (Wildman–Crippen LogP) is 5.25. The smallest absolute Gasteiger partial charge is 0.252 e. The molecule has 0 spiro atoms. The number of nitrogens with zero attached hydrogens (tertiary/aromatic N) is 2. The van der Waals surface area contributed by atoms with Crippen LogP contribution in [0.15, 0.2) is 84.9 Å². The first kappa shape index (κ1) is 19.4. The van der Waals surface area contributed by atoms with Crippen LogP contribution in [0, 0.1) is 18.3 Å². The highest BCUT2D eigenvalue weighted by atomic mass is 16.1. The highest BCUT2D eigenvalue weighted by molar-refractivity contribution is 6.08. The van der Waals surface area contributed by atoms with Crippen LogP contribution in [0.1, 0.15) is 27.4 Å². The van der Waals surface area contributed by atoms with Gasteiger partial charge < -0.3 is 5.32 Å². The maximum atomic E-state index is 13.3. The molecule has 0 saturated heterocycles. The van der Waals surface area contributed by atoms with Crippen molar-refractivity contribution in [3.8, 4) is 17.3 Å². The molecule has 1 N–H and O–H groups in total. The van der Waals surface area contributed by atoms with Crippen LogP contribution in [0.5, 0.6) is 0 Å². The number of para-hydroxylation sites is 1. The largest absolute Gasteiger partial charge is 0.350 e. The molecule has 1 aromatic heterocycles. The van der Waals surface area contributed by atoms with Crippen LogP contribution in [0.3, 0.4) is 0 Å². The summed E-state index contributed by atoms with van der Waals surface area (Å²) in [5, 5.41) is 13.3. The third-order valence-corrected chi connectivity index (χ3v) is 5.23. The van der Waals surface area contributed by atoms with E-state index in [-0.39, 0.29) is 12.5 Å². The number of rotatable bonds is 5. The van der Waals surface area contributed by atoms with Crippen molar-refractivity contribution in [3.63, 3.8) is 0 Å². The fraction of sp³-hybridized carbons (Fsp3) is 0.115. The molecule has 0 aliphatic heterocycles. The number of benzene rings is 3. The van der Waals surface area contributed by atoms with Crippen molar-refractivity contribution in [1.29, 1.82) is 5.26 Å².